The summed E-state index contributed by atoms with van der Waals surface area (Å²) < 4.78 is 0. The second-order valence-corrected chi connectivity index (χ2v) is 19.0. The molecule has 0 heterocycles. The van der Waals surface area contributed by atoms with E-state index in [1.54, 1.807) is 21.9 Å². The Labute approximate surface area is 285 Å². The van der Waals surface area contributed by atoms with Gasteiger partial charge in [0.1, 0.15) is 0 Å². The van der Waals surface area contributed by atoms with Gasteiger partial charge in [-0.05, 0) is 51.9 Å². The van der Waals surface area contributed by atoms with E-state index in [0.29, 0.717) is 0 Å². The minimum Gasteiger partial charge on any atom is -0.0801 e. The van der Waals surface area contributed by atoms with E-state index < -0.39 is 8.41 Å². The van der Waals surface area contributed by atoms with Crippen molar-refractivity contribution in [1.29, 1.82) is 0 Å². The molecule has 0 nitrogen and oxygen atoms in total. The molecule has 0 spiro atoms. The van der Waals surface area contributed by atoms with Gasteiger partial charge in [-0.15, -0.1) is 0 Å². The van der Waals surface area contributed by atoms with Crippen molar-refractivity contribution >= 4 is 24.0 Å². The predicted octanol–water partition coefficient (Wildman–Crippen LogP) is 9.91. The van der Waals surface area contributed by atoms with Crippen molar-refractivity contribution in [3.63, 3.8) is 0 Å². The molecule has 0 N–H and O–H groups in total. The first kappa shape index (κ1) is 30.8. The van der Waals surface area contributed by atoms with Crippen molar-refractivity contribution in [2.75, 3.05) is 0 Å². The van der Waals surface area contributed by atoms with E-state index >= 15 is 0 Å². The fraction of sp³-hybridized carbons (Fsp3) is 0.370. The maximum Gasteiger partial charge on any atom is 0.0843 e. The van der Waals surface area contributed by atoms with Gasteiger partial charge in [-0.1, -0.05) is 193 Å². The van der Waals surface area contributed by atoms with Crippen LogP contribution >= 0.6 is 0 Å². The summed E-state index contributed by atoms with van der Waals surface area (Å²) in [4.78, 5) is 0. The summed E-state index contributed by atoms with van der Waals surface area (Å²) >= 11 is 0. The average Bonchev–Trinajstić information content (AvgIpc) is 3.67. The van der Waals surface area contributed by atoms with Crippen LogP contribution in [0.5, 0.6) is 0 Å². The number of hydrogen-bond acceptors (Lipinski definition) is 0. The van der Waals surface area contributed by atoms with Crippen LogP contribution in [0.4, 0.5) is 0 Å². The van der Waals surface area contributed by atoms with Crippen LogP contribution in [0.1, 0.15) is 68.2 Å². The van der Waals surface area contributed by atoms with Crippen molar-refractivity contribution in [2.45, 2.75) is 68.2 Å². The van der Waals surface area contributed by atoms with Gasteiger partial charge in [0, 0.05) is 32.5 Å². The van der Waals surface area contributed by atoms with Gasteiger partial charge < -0.3 is 0 Å². The molecular weight excluding hydrogens is 581 g/mol. The van der Waals surface area contributed by atoms with Crippen molar-refractivity contribution in [1.82, 2.24) is 0 Å². The third-order valence-electron chi connectivity index (χ3n) is 15.8. The maximum absolute atomic E-state index is 2.84. The quantitative estimate of drug-likeness (QED) is 0.234. The molecule has 2 aromatic carbocycles. The van der Waals surface area contributed by atoms with Gasteiger partial charge in [0.2, 0.25) is 0 Å². The van der Waals surface area contributed by atoms with Crippen LogP contribution in [0.3, 0.4) is 0 Å². The molecular formula is C46H50Si. The molecule has 0 radical (unpaired) electrons. The fourth-order valence-electron chi connectivity index (χ4n) is 12.3. The van der Waals surface area contributed by atoms with E-state index in [4.69, 9.17) is 0 Å². The first-order valence-corrected chi connectivity index (χ1v) is 19.2. The van der Waals surface area contributed by atoms with Gasteiger partial charge in [-0.3, -0.25) is 0 Å². The zero-order valence-corrected chi connectivity index (χ0v) is 30.6. The minimum atomic E-state index is -1.25. The van der Waals surface area contributed by atoms with Gasteiger partial charge >= 0.3 is 0 Å². The Morgan fingerprint density at radius 1 is 0.574 bits per heavy atom. The topological polar surface area (TPSA) is 0 Å². The number of benzene rings is 2. The SMILES string of the molecule is CC1=C(C2=CC=CC2)C(=[Si](c2ccccc2)c2ccccc2)CC2=CC3(C)C4(C)C=CC=CC4(C)C4(C)C=CC=CC4(C)C3(C)C21C. The normalized spacial score (nSPS) is 40.9. The molecule has 7 atom stereocenters. The first-order chi connectivity index (χ1) is 22.3. The number of fused-ring (bicyclic) bond motifs is 8. The molecule has 0 bridgehead atoms. The van der Waals surface area contributed by atoms with E-state index in [-0.39, 0.29) is 37.9 Å². The van der Waals surface area contributed by atoms with Crippen LogP contribution < -0.4 is 10.4 Å². The highest BCUT2D eigenvalue weighted by atomic mass is 28.2. The van der Waals surface area contributed by atoms with Crippen molar-refractivity contribution in [3.8, 4) is 0 Å². The molecule has 6 aliphatic carbocycles. The molecule has 0 amide bonds. The highest BCUT2D eigenvalue weighted by molar-refractivity contribution is 6.93. The molecule has 8 rings (SSSR count). The molecule has 1 heteroatoms. The second-order valence-electron chi connectivity index (χ2n) is 16.5. The summed E-state index contributed by atoms with van der Waals surface area (Å²) in [6.07, 6.45) is 31.7. The zero-order chi connectivity index (χ0) is 33.1. The van der Waals surface area contributed by atoms with Crippen molar-refractivity contribution < 1.29 is 0 Å². The fourth-order valence-corrected chi connectivity index (χ4v) is 15.4. The van der Waals surface area contributed by atoms with Gasteiger partial charge in [0.15, 0.2) is 0 Å². The Kier molecular flexibility index (Phi) is 6.39. The Morgan fingerprint density at radius 2 is 1.06 bits per heavy atom. The highest BCUT2D eigenvalue weighted by Crippen LogP contribution is 2.88. The molecule has 0 aromatic heterocycles. The van der Waals surface area contributed by atoms with E-state index in [1.807, 2.05) is 0 Å². The van der Waals surface area contributed by atoms with E-state index in [0.717, 1.165) is 12.8 Å². The lowest BCUT2D eigenvalue weighted by Gasteiger charge is -2.79. The number of allylic oxidation sites excluding steroid dienone is 16. The number of rotatable bonds is 3. The van der Waals surface area contributed by atoms with E-state index in [2.05, 4.69) is 189 Å². The summed E-state index contributed by atoms with van der Waals surface area (Å²) in [5, 5.41) is 4.62. The molecule has 7 unspecified atom stereocenters. The third-order valence-corrected chi connectivity index (χ3v) is 18.6. The Bertz CT molecular complexity index is 1930. The molecule has 47 heavy (non-hydrogen) atoms. The number of hydrogen-bond donors (Lipinski definition) is 0. The Balaban J connectivity index is 1.51. The van der Waals surface area contributed by atoms with Gasteiger partial charge in [-0.2, -0.15) is 0 Å². The Morgan fingerprint density at radius 3 is 1.57 bits per heavy atom. The second kappa shape index (κ2) is 9.76. The van der Waals surface area contributed by atoms with Crippen LogP contribution in [0.15, 0.2) is 156 Å². The molecule has 1 fully saturated rings. The lowest BCUT2D eigenvalue weighted by atomic mass is 9.23. The average molecular weight is 631 g/mol. The van der Waals surface area contributed by atoms with Crippen LogP contribution in [0.25, 0.3) is 0 Å². The van der Waals surface area contributed by atoms with Crippen molar-refractivity contribution in [3.05, 3.63) is 156 Å². The largest absolute Gasteiger partial charge is 0.0843 e. The van der Waals surface area contributed by atoms with Crippen LogP contribution in [0, 0.1) is 37.9 Å². The van der Waals surface area contributed by atoms with Crippen molar-refractivity contribution in [2.24, 2.45) is 37.9 Å². The smallest absolute Gasteiger partial charge is 0.0801 e. The van der Waals surface area contributed by atoms with Crippen LogP contribution in [-0.4, -0.2) is 13.6 Å². The van der Waals surface area contributed by atoms with E-state index in [9.17, 15) is 0 Å². The maximum atomic E-state index is 2.84. The van der Waals surface area contributed by atoms with Gasteiger partial charge in [0.25, 0.3) is 0 Å². The summed E-state index contributed by atoms with van der Waals surface area (Å²) in [6, 6.07) is 22.8. The lowest BCUT2D eigenvalue weighted by Crippen LogP contribution is -2.75. The molecule has 1 saturated carbocycles. The van der Waals surface area contributed by atoms with Gasteiger partial charge in [0.05, 0.1) is 8.41 Å². The lowest BCUT2D eigenvalue weighted by molar-refractivity contribution is -0.253. The van der Waals surface area contributed by atoms with Gasteiger partial charge in [-0.25, -0.2) is 0 Å². The summed E-state index contributed by atoms with van der Waals surface area (Å²) in [7, 11) is -1.25. The molecule has 2 aromatic rings. The monoisotopic (exact) mass is 630 g/mol. The van der Waals surface area contributed by atoms with E-state index in [1.165, 1.54) is 15.9 Å². The standard InChI is InChI=1S/C46H50Si/c1-33-39(34-21-15-16-22-34)38(47(36-23-11-9-12-24-36)37-25-13-10-14-26-37)31-35-32-44(6)42(4)29-18-17-27-40(42,2)41(3)28-19-20-30-43(41,5)46(44,8)45(33,35)7/h9-21,23-30,32H,22,31H2,1-8H3. The first-order valence-electron chi connectivity index (χ1n) is 17.7. The summed E-state index contributed by atoms with van der Waals surface area (Å²) in [6.45, 7) is 20.9. The molecule has 238 valence electrons. The molecule has 0 aliphatic heterocycles. The molecule has 0 saturated heterocycles. The minimum absolute atomic E-state index is 0.0755. The highest BCUT2D eigenvalue weighted by Gasteiger charge is 2.83. The third kappa shape index (κ3) is 3.28. The van der Waals surface area contributed by atoms with Crippen LogP contribution in [-0.2, 0) is 0 Å². The van der Waals surface area contributed by atoms with Crippen LogP contribution in [0.2, 0.25) is 0 Å². The molecule has 6 aliphatic rings. The zero-order valence-electron chi connectivity index (χ0n) is 29.6. The summed E-state index contributed by atoms with van der Waals surface area (Å²) in [5.74, 6) is 0. The Hall–Kier alpha value is -3.55. The summed E-state index contributed by atoms with van der Waals surface area (Å²) in [5.41, 5.74) is 5.57. The predicted molar refractivity (Wildman–Crippen MR) is 203 cm³/mol.